The lowest BCUT2D eigenvalue weighted by molar-refractivity contribution is -0.147. The summed E-state index contributed by atoms with van der Waals surface area (Å²) in [5, 5.41) is 12.5. The fourth-order valence-electron chi connectivity index (χ4n) is 4.64. The van der Waals surface area contributed by atoms with E-state index in [0.717, 1.165) is 22.3 Å². The standard InChI is InChI=1S/C24H28N2O4.ClH/c1-16(2)26-13-11-24(12-14-26,22(27)28)25-23(29)30-15-21-19-9-5-3-7-17(19)18-8-4-6-10-20(18)21;/h3-10,16,21H,11-15H2,1-2H3,(H,25,29)(H,27,28);1H. The minimum atomic E-state index is -1.27. The van der Waals surface area contributed by atoms with Gasteiger partial charge in [-0.2, -0.15) is 0 Å². The molecule has 1 amide bonds. The molecule has 1 fully saturated rings. The fourth-order valence-corrected chi connectivity index (χ4v) is 4.64. The number of carboxylic acid groups (broad SMARTS) is 1. The molecule has 1 heterocycles. The molecule has 6 nitrogen and oxygen atoms in total. The molecule has 4 rings (SSSR count). The second-order valence-corrected chi connectivity index (χ2v) is 8.47. The highest BCUT2D eigenvalue weighted by molar-refractivity contribution is 5.85. The van der Waals surface area contributed by atoms with E-state index in [9.17, 15) is 14.7 Å². The molecule has 2 aliphatic rings. The zero-order valence-electron chi connectivity index (χ0n) is 17.8. The third kappa shape index (κ3) is 4.41. The number of nitrogens with one attached hydrogen (secondary N) is 1. The van der Waals surface area contributed by atoms with Gasteiger partial charge < -0.3 is 20.1 Å². The molecular formula is C24H29ClN2O4. The average Bonchev–Trinajstić information content (AvgIpc) is 3.06. The van der Waals surface area contributed by atoms with Crippen LogP contribution in [0.3, 0.4) is 0 Å². The lowest BCUT2D eigenvalue weighted by Crippen LogP contribution is -2.60. The maximum absolute atomic E-state index is 12.6. The number of carbonyl (C=O) groups excluding carboxylic acids is 1. The Bertz CT molecular complexity index is 909. The summed E-state index contributed by atoms with van der Waals surface area (Å²) in [7, 11) is 0. The van der Waals surface area contributed by atoms with Crippen LogP contribution in [0.4, 0.5) is 4.79 Å². The van der Waals surface area contributed by atoms with Crippen molar-refractivity contribution in [3.8, 4) is 11.1 Å². The maximum atomic E-state index is 12.6. The molecule has 1 aliphatic heterocycles. The Morgan fingerprint density at radius 3 is 2.06 bits per heavy atom. The average molecular weight is 445 g/mol. The summed E-state index contributed by atoms with van der Waals surface area (Å²) >= 11 is 0. The number of piperidine rings is 1. The Labute approximate surface area is 189 Å². The van der Waals surface area contributed by atoms with E-state index in [4.69, 9.17) is 4.74 Å². The molecule has 0 aromatic heterocycles. The number of hydrogen-bond donors (Lipinski definition) is 2. The van der Waals surface area contributed by atoms with Crippen LogP contribution in [0, 0.1) is 0 Å². The minimum Gasteiger partial charge on any atom is -0.480 e. The lowest BCUT2D eigenvalue weighted by atomic mass is 9.87. The molecule has 0 bridgehead atoms. The van der Waals surface area contributed by atoms with Crippen LogP contribution < -0.4 is 5.32 Å². The molecule has 0 saturated carbocycles. The molecule has 2 N–H and O–H groups in total. The van der Waals surface area contributed by atoms with Gasteiger partial charge >= 0.3 is 12.1 Å². The van der Waals surface area contributed by atoms with E-state index < -0.39 is 17.6 Å². The van der Waals surface area contributed by atoms with Crippen LogP contribution in [-0.4, -0.2) is 53.3 Å². The molecule has 1 aliphatic carbocycles. The molecular weight excluding hydrogens is 416 g/mol. The van der Waals surface area contributed by atoms with Gasteiger partial charge in [-0.05, 0) is 48.9 Å². The summed E-state index contributed by atoms with van der Waals surface area (Å²) in [5.74, 6) is -1.05. The Balaban J connectivity index is 0.00000272. The summed E-state index contributed by atoms with van der Waals surface area (Å²) in [6, 6.07) is 16.6. The van der Waals surface area contributed by atoms with Crippen molar-refractivity contribution in [2.24, 2.45) is 0 Å². The summed E-state index contributed by atoms with van der Waals surface area (Å²) < 4.78 is 5.56. The quantitative estimate of drug-likeness (QED) is 0.719. The van der Waals surface area contributed by atoms with Crippen molar-refractivity contribution in [1.82, 2.24) is 10.2 Å². The van der Waals surface area contributed by atoms with Crippen molar-refractivity contribution in [2.75, 3.05) is 19.7 Å². The van der Waals surface area contributed by atoms with Gasteiger partial charge in [-0.1, -0.05) is 48.5 Å². The van der Waals surface area contributed by atoms with Gasteiger partial charge in [-0.25, -0.2) is 9.59 Å². The van der Waals surface area contributed by atoms with Crippen LogP contribution in [0.5, 0.6) is 0 Å². The van der Waals surface area contributed by atoms with E-state index in [2.05, 4.69) is 48.3 Å². The van der Waals surface area contributed by atoms with Crippen molar-refractivity contribution in [1.29, 1.82) is 0 Å². The van der Waals surface area contributed by atoms with Gasteiger partial charge in [0, 0.05) is 25.0 Å². The first-order chi connectivity index (χ1) is 14.4. The monoisotopic (exact) mass is 444 g/mol. The number of rotatable bonds is 5. The van der Waals surface area contributed by atoms with Crippen molar-refractivity contribution >= 4 is 24.5 Å². The first-order valence-corrected chi connectivity index (χ1v) is 10.5. The van der Waals surface area contributed by atoms with E-state index >= 15 is 0 Å². The number of ether oxygens (including phenoxy) is 1. The molecule has 2 aromatic carbocycles. The number of carbonyl (C=O) groups is 2. The van der Waals surface area contributed by atoms with Gasteiger partial charge in [-0.3, -0.25) is 0 Å². The van der Waals surface area contributed by atoms with Crippen LogP contribution in [-0.2, 0) is 9.53 Å². The molecule has 0 radical (unpaired) electrons. The Morgan fingerprint density at radius 2 is 1.58 bits per heavy atom. The number of aliphatic carboxylic acids is 1. The van der Waals surface area contributed by atoms with Crippen molar-refractivity contribution in [3.63, 3.8) is 0 Å². The van der Waals surface area contributed by atoms with E-state index in [1.165, 1.54) is 0 Å². The number of fused-ring (bicyclic) bond motifs is 3. The van der Waals surface area contributed by atoms with E-state index in [-0.39, 0.29) is 24.9 Å². The first-order valence-electron chi connectivity index (χ1n) is 10.5. The molecule has 0 unspecified atom stereocenters. The number of benzene rings is 2. The van der Waals surface area contributed by atoms with E-state index in [0.29, 0.717) is 32.0 Å². The van der Waals surface area contributed by atoms with Crippen LogP contribution in [0.2, 0.25) is 0 Å². The van der Waals surface area contributed by atoms with Gasteiger partial charge in [0.1, 0.15) is 12.1 Å². The minimum absolute atomic E-state index is 0. The third-order valence-corrected chi connectivity index (χ3v) is 6.48. The topological polar surface area (TPSA) is 78.9 Å². The van der Waals surface area contributed by atoms with Gasteiger partial charge in [0.25, 0.3) is 0 Å². The van der Waals surface area contributed by atoms with Gasteiger partial charge in [0.05, 0.1) is 0 Å². The summed E-state index contributed by atoms with van der Waals surface area (Å²) in [5.41, 5.74) is 3.30. The number of alkyl carbamates (subject to hydrolysis) is 1. The van der Waals surface area contributed by atoms with Gasteiger partial charge in [-0.15, -0.1) is 12.4 Å². The molecule has 0 atom stereocenters. The SMILES string of the molecule is CC(C)N1CCC(NC(=O)OCC2c3ccccc3-c3ccccc32)(C(=O)O)CC1.Cl. The Hall–Kier alpha value is -2.57. The Kier molecular flexibility index (Phi) is 6.92. The highest BCUT2D eigenvalue weighted by Crippen LogP contribution is 2.44. The lowest BCUT2D eigenvalue weighted by Gasteiger charge is -2.40. The first kappa shape index (κ1) is 23.1. The highest BCUT2D eigenvalue weighted by atomic mass is 35.5. The summed E-state index contributed by atoms with van der Waals surface area (Å²) in [6.07, 6.45) is 0.0624. The van der Waals surface area contributed by atoms with E-state index in [1.54, 1.807) is 0 Å². The normalized spacial score (nSPS) is 17.4. The van der Waals surface area contributed by atoms with Crippen molar-refractivity contribution in [3.05, 3.63) is 59.7 Å². The van der Waals surface area contributed by atoms with Crippen LogP contribution in [0.15, 0.2) is 48.5 Å². The number of hydrogen-bond acceptors (Lipinski definition) is 4. The molecule has 0 spiro atoms. The maximum Gasteiger partial charge on any atom is 0.408 e. The molecule has 31 heavy (non-hydrogen) atoms. The predicted molar refractivity (Wildman–Crippen MR) is 122 cm³/mol. The molecule has 2 aromatic rings. The van der Waals surface area contributed by atoms with Crippen LogP contribution in [0.25, 0.3) is 11.1 Å². The molecule has 1 saturated heterocycles. The second-order valence-electron chi connectivity index (χ2n) is 8.47. The number of nitrogens with zero attached hydrogens (tertiary/aromatic N) is 1. The highest BCUT2D eigenvalue weighted by Gasteiger charge is 2.44. The zero-order valence-corrected chi connectivity index (χ0v) is 18.7. The van der Waals surface area contributed by atoms with Crippen LogP contribution in [0.1, 0.15) is 43.7 Å². The predicted octanol–water partition coefficient (Wildman–Crippen LogP) is 4.27. The summed E-state index contributed by atoms with van der Waals surface area (Å²) in [6.45, 7) is 5.62. The number of halogens is 1. The number of likely N-dealkylation sites (tertiary alicyclic amines) is 1. The van der Waals surface area contributed by atoms with Gasteiger partial charge in [0.15, 0.2) is 0 Å². The molecule has 166 valence electrons. The second kappa shape index (κ2) is 9.28. The summed E-state index contributed by atoms with van der Waals surface area (Å²) in [4.78, 5) is 26.8. The largest absolute Gasteiger partial charge is 0.480 e. The fraction of sp³-hybridized carbons (Fsp3) is 0.417. The third-order valence-electron chi connectivity index (χ3n) is 6.48. The van der Waals surface area contributed by atoms with Gasteiger partial charge in [0.2, 0.25) is 0 Å². The zero-order chi connectivity index (χ0) is 21.3. The molecule has 7 heteroatoms. The smallest absolute Gasteiger partial charge is 0.408 e. The van der Waals surface area contributed by atoms with E-state index in [1.807, 2.05) is 24.3 Å². The number of amides is 1. The van der Waals surface area contributed by atoms with Crippen molar-refractivity contribution in [2.45, 2.75) is 44.2 Å². The van der Waals surface area contributed by atoms with Crippen LogP contribution >= 0.6 is 12.4 Å². The van der Waals surface area contributed by atoms with Crippen molar-refractivity contribution < 1.29 is 19.4 Å². The number of carboxylic acids is 1. The Morgan fingerprint density at radius 1 is 1.06 bits per heavy atom.